The fourth-order valence-corrected chi connectivity index (χ4v) is 5.52. The topological polar surface area (TPSA) is 61.9 Å². The third-order valence-corrected chi connectivity index (χ3v) is 7.63. The maximum absolute atomic E-state index is 12.8. The van der Waals surface area contributed by atoms with Crippen molar-refractivity contribution in [3.8, 4) is 5.75 Å². The fraction of sp³-hybridized carbons (Fsp3) is 0.391. The van der Waals surface area contributed by atoms with Gasteiger partial charge in [-0.1, -0.05) is 18.2 Å². The molecule has 2 aliphatic heterocycles. The number of piperidine rings is 1. The molecule has 7 heteroatoms. The zero-order chi connectivity index (χ0) is 21.3. The highest BCUT2D eigenvalue weighted by Crippen LogP contribution is 2.47. The van der Waals surface area contributed by atoms with Gasteiger partial charge in [0.2, 0.25) is 5.91 Å². The number of nitrogens with one attached hydrogen (secondary N) is 1. The van der Waals surface area contributed by atoms with Gasteiger partial charge in [-0.2, -0.15) is 0 Å². The molecule has 158 valence electrons. The van der Waals surface area contributed by atoms with Crippen molar-refractivity contribution in [3.05, 3.63) is 53.6 Å². The molecule has 1 N–H and O–H groups in total. The lowest BCUT2D eigenvalue weighted by Gasteiger charge is -2.44. The maximum Gasteiger partial charge on any atom is 0.321 e. The van der Waals surface area contributed by atoms with Crippen LogP contribution >= 0.6 is 11.8 Å². The van der Waals surface area contributed by atoms with E-state index < -0.39 is 0 Å². The van der Waals surface area contributed by atoms with E-state index in [9.17, 15) is 9.59 Å². The van der Waals surface area contributed by atoms with Crippen molar-refractivity contribution in [1.82, 2.24) is 4.90 Å². The van der Waals surface area contributed by atoms with E-state index in [1.54, 1.807) is 18.9 Å². The molecule has 0 radical (unpaired) electrons. The van der Waals surface area contributed by atoms with Crippen molar-refractivity contribution in [2.75, 3.05) is 36.2 Å². The normalized spacial score (nSPS) is 18.0. The number of carbonyl (C=O) groups is 2. The first-order chi connectivity index (χ1) is 14.4. The Kier molecular flexibility index (Phi) is 5.64. The minimum atomic E-state index is -0.306. The number of thioether (sulfide) groups is 1. The first-order valence-corrected chi connectivity index (χ1v) is 11.2. The molecule has 2 aliphatic rings. The van der Waals surface area contributed by atoms with Crippen LogP contribution in [-0.2, 0) is 4.79 Å². The number of hydrogen-bond donors (Lipinski definition) is 1. The first kappa shape index (κ1) is 20.6. The van der Waals surface area contributed by atoms with Crippen molar-refractivity contribution in [2.45, 2.75) is 31.6 Å². The summed E-state index contributed by atoms with van der Waals surface area (Å²) in [4.78, 5) is 29.0. The van der Waals surface area contributed by atoms with E-state index in [0.717, 1.165) is 41.1 Å². The van der Waals surface area contributed by atoms with Gasteiger partial charge in [-0.05, 0) is 56.0 Å². The Bertz CT molecular complexity index is 970. The van der Waals surface area contributed by atoms with Crippen LogP contribution in [0.25, 0.3) is 0 Å². The van der Waals surface area contributed by atoms with Gasteiger partial charge in [0.1, 0.15) is 5.75 Å². The van der Waals surface area contributed by atoms with Crippen molar-refractivity contribution >= 4 is 35.1 Å². The Hall–Kier alpha value is -2.67. The summed E-state index contributed by atoms with van der Waals surface area (Å²) in [5, 5.41) is 3.05. The highest BCUT2D eigenvalue weighted by Gasteiger charge is 2.49. The lowest BCUT2D eigenvalue weighted by molar-refractivity contribution is -0.116. The zero-order valence-electron chi connectivity index (χ0n) is 17.6. The molecule has 1 spiro atoms. The second-order valence-electron chi connectivity index (χ2n) is 7.83. The molecule has 0 unspecified atom stereocenters. The number of aryl methyl sites for hydroxylation is 1. The minimum absolute atomic E-state index is 0.0826. The van der Waals surface area contributed by atoms with Gasteiger partial charge in [0, 0.05) is 30.5 Å². The van der Waals surface area contributed by atoms with Crippen LogP contribution < -0.4 is 15.0 Å². The summed E-state index contributed by atoms with van der Waals surface area (Å²) in [6, 6.07) is 13.5. The average Bonchev–Trinajstić information content (AvgIpc) is 3.07. The Balaban J connectivity index is 1.47. The highest BCUT2D eigenvalue weighted by atomic mass is 32.2. The molecule has 2 heterocycles. The molecule has 30 heavy (non-hydrogen) atoms. The monoisotopic (exact) mass is 425 g/mol. The van der Waals surface area contributed by atoms with E-state index in [1.807, 2.05) is 66.1 Å². The number of urea groups is 1. The van der Waals surface area contributed by atoms with Gasteiger partial charge in [0.15, 0.2) is 0 Å². The van der Waals surface area contributed by atoms with Gasteiger partial charge >= 0.3 is 6.03 Å². The summed E-state index contributed by atoms with van der Waals surface area (Å²) >= 11 is 1.69. The number of methoxy groups -OCH3 is 1. The lowest BCUT2D eigenvalue weighted by atomic mass is 10.0. The molecule has 4 rings (SSSR count). The van der Waals surface area contributed by atoms with Crippen molar-refractivity contribution in [3.63, 3.8) is 0 Å². The number of carbonyl (C=O) groups excluding carboxylic acids is 2. The van der Waals surface area contributed by atoms with Crippen LogP contribution in [0, 0.1) is 13.8 Å². The van der Waals surface area contributed by atoms with E-state index in [4.69, 9.17) is 4.74 Å². The first-order valence-electron chi connectivity index (χ1n) is 10.2. The lowest BCUT2D eigenvalue weighted by Crippen LogP contribution is -2.53. The summed E-state index contributed by atoms with van der Waals surface area (Å²) in [6.45, 7) is 5.27. The predicted molar refractivity (Wildman–Crippen MR) is 121 cm³/mol. The summed E-state index contributed by atoms with van der Waals surface area (Å²) in [5.41, 5.74) is 3.95. The molecule has 3 amide bonds. The number of anilines is 2. The Morgan fingerprint density at radius 1 is 1.13 bits per heavy atom. The van der Waals surface area contributed by atoms with E-state index in [1.165, 1.54) is 0 Å². The fourth-order valence-electron chi connectivity index (χ4n) is 4.19. The van der Waals surface area contributed by atoms with Crippen LogP contribution in [0.15, 0.2) is 42.5 Å². The summed E-state index contributed by atoms with van der Waals surface area (Å²) < 4.78 is 5.34. The van der Waals surface area contributed by atoms with Crippen LogP contribution in [0.1, 0.15) is 24.0 Å². The number of ether oxygens (including phenoxy) is 1. The number of amides is 3. The third-order valence-electron chi connectivity index (χ3n) is 6.11. The molecule has 0 atom stereocenters. The zero-order valence-corrected chi connectivity index (χ0v) is 18.4. The van der Waals surface area contributed by atoms with Crippen molar-refractivity contribution in [2.24, 2.45) is 0 Å². The van der Waals surface area contributed by atoms with E-state index in [2.05, 4.69) is 5.32 Å². The Morgan fingerprint density at radius 3 is 2.60 bits per heavy atom. The van der Waals surface area contributed by atoms with Gasteiger partial charge in [-0.3, -0.25) is 9.69 Å². The van der Waals surface area contributed by atoms with Crippen LogP contribution in [0.2, 0.25) is 0 Å². The summed E-state index contributed by atoms with van der Waals surface area (Å²) in [7, 11) is 1.63. The molecule has 0 bridgehead atoms. The van der Waals surface area contributed by atoms with Crippen molar-refractivity contribution in [1.29, 1.82) is 0 Å². The summed E-state index contributed by atoms with van der Waals surface area (Å²) in [6.07, 6.45) is 1.47. The largest absolute Gasteiger partial charge is 0.497 e. The third kappa shape index (κ3) is 3.74. The minimum Gasteiger partial charge on any atom is -0.497 e. The molecule has 2 saturated heterocycles. The molecule has 0 aromatic heterocycles. The molecule has 0 saturated carbocycles. The molecular formula is C23H27N3O3S. The number of rotatable bonds is 3. The van der Waals surface area contributed by atoms with Gasteiger partial charge in [0.05, 0.1) is 17.7 Å². The van der Waals surface area contributed by atoms with E-state index in [0.29, 0.717) is 18.8 Å². The van der Waals surface area contributed by atoms with E-state index in [-0.39, 0.29) is 16.8 Å². The average molecular weight is 426 g/mol. The van der Waals surface area contributed by atoms with Crippen LogP contribution in [-0.4, -0.2) is 47.7 Å². The molecular weight excluding hydrogens is 398 g/mol. The second-order valence-corrected chi connectivity index (χ2v) is 9.17. The van der Waals surface area contributed by atoms with Crippen LogP contribution in [0.4, 0.5) is 16.2 Å². The quantitative estimate of drug-likeness (QED) is 0.791. The van der Waals surface area contributed by atoms with Gasteiger partial charge < -0.3 is 15.0 Å². The smallest absolute Gasteiger partial charge is 0.321 e. The second kappa shape index (κ2) is 8.22. The summed E-state index contributed by atoms with van der Waals surface area (Å²) in [5.74, 6) is 1.31. The van der Waals surface area contributed by atoms with Gasteiger partial charge in [-0.25, -0.2) is 4.79 Å². The number of nitrogens with zero attached hydrogens (tertiary/aromatic N) is 2. The molecule has 2 fully saturated rings. The number of hydrogen-bond acceptors (Lipinski definition) is 4. The predicted octanol–water partition coefficient (Wildman–Crippen LogP) is 4.42. The Labute approximate surface area is 181 Å². The molecule has 2 aromatic carbocycles. The molecule has 2 aromatic rings. The Morgan fingerprint density at radius 2 is 1.87 bits per heavy atom. The van der Waals surface area contributed by atoms with E-state index >= 15 is 0 Å². The SMILES string of the molecule is COc1cccc(N2C(=O)CSC23CCN(C(=O)Nc2cccc(C)c2C)CC3)c1. The molecule has 6 nitrogen and oxygen atoms in total. The molecule has 0 aliphatic carbocycles. The number of likely N-dealkylation sites (tertiary alicyclic amines) is 1. The number of benzene rings is 2. The van der Waals surface area contributed by atoms with Gasteiger partial charge in [-0.15, -0.1) is 11.8 Å². The van der Waals surface area contributed by atoms with Gasteiger partial charge in [0.25, 0.3) is 0 Å². The van der Waals surface area contributed by atoms with Crippen molar-refractivity contribution < 1.29 is 14.3 Å². The highest BCUT2D eigenvalue weighted by molar-refractivity contribution is 8.02. The van der Waals surface area contributed by atoms with Crippen LogP contribution in [0.5, 0.6) is 5.75 Å². The van der Waals surface area contributed by atoms with Crippen LogP contribution in [0.3, 0.4) is 0 Å². The standard InChI is InChI=1S/C23H27N3O3S/c1-16-6-4-9-20(17(16)2)24-22(28)25-12-10-23(11-13-25)26(21(27)15-30-23)18-7-5-8-19(14-18)29-3/h4-9,14H,10-13,15H2,1-3H3,(H,24,28). The maximum atomic E-state index is 12.8.